The molecule has 2 amide bonds. The number of aliphatic carboxylic acids is 1. The van der Waals surface area contributed by atoms with Crippen LogP contribution in [0.2, 0.25) is 0 Å². The third-order valence-corrected chi connectivity index (χ3v) is 6.34. The third-order valence-electron chi connectivity index (χ3n) is 6.34. The number of aromatic nitrogens is 4. The highest BCUT2D eigenvalue weighted by Crippen LogP contribution is 2.29. The van der Waals surface area contributed by atoms with Crippen LogP contribution in [-0.4, -0.2) is 93.4 Å². The lowest BCUT2D eigenvalue weighted by Gasteiger charge is -2.14. The van der Waals surface area contributed by atoms with Crippen molar-refractivity contribution in [3.05, 3.63) is 66.5 Å². The molecular weight excluding hydrogens is 539 g/mol. The zero-order chi connectivity index (χ0) is 28.9. The summed E-state index contributed by atoms with van der Waals surface area (Å²) < 4.78 is 22.1. The van der Waals surface area contributed by atoms with Crippen LogP contribution in [0.15, 0.2) is 55.0 Å². The molecule has 5 rings (SSSR count). The number of hydrogen-bond donors (Lipinski definition) is 3. The predicted molar refractivity (Wildman–Crippen MR) is 141 cm³/mol. The van der Waals surface area contributed by atoms with Crippen molar-refractivity contribution in [2.75, 3.05) is 38.1 Å². The summed E-state index contributed by atoms with van der Waals surface area (Å²) in [6.07, 6.45) is 5.03. The van der Waals surface area contributed by atoms with Crippen LogP contribution >= 0.6 is 0 Å². The smallest absolute Gasteiger partial charge is 0.414 e. The van der Waals surface area contributed by atoms with Gasteiger partial charge in [-0.15, -0.1) is 5.10 Å². The second-order valence-electron chi connectivity index (χ2n) is 9.55. The first-order valence-electron chi connectivity index (χ1n) is 12.6. The van der Waals surface area contributed by atoms with Crippen LogP contribution in [0.1, 0.15) is 5.69 Å². The van der Waals surface area contributed by atoms with E-state index in [-0.39, 0.29) is 32.1 Å². The Hall–Kier alpha value is -4.89. The van der Waals surface area contributed by atoms with Gasteiger partial charge < -0.3 is 15.2 Å². The molecule has 214 valence electrons. The van der Waals surface area contributed by atoms with Gasteiger partial charge in [0.2, 0.25) is 5.91 Å². The van der Waals surface area contributed by atoms with Gasteiger partial charge in [-0.25, -0.2) is 13.9 Å². The Morgan fingerprint density at radius 1 is 1.27 bits per heavy atom. The number of cyclic esters (lactones) is 1. The lowest BCUT2D eigenvalue weighted by Crippen LogP contribution is -2.40. The molecule has 15 heteroatoms. The molecule has 2 aliphatic rings. The van der Waals surface area contributed by atoms with Gasteiger partial charge in [0.25, 0.3) is 0 Å². The van der Waals surface area contributed by atoms with Crippen LogP contribution in [0.4, 0.5) is 14.9 Å². The van der Waals surface area contributed by atoms with E-state index in [2.05, 4.69) is 26.1 Å². The zero-order valence-corrected chi connectivity index (χ0v) is 21.9. The van der Waals surface area contributed by atoms with Gasteiger partial charge in [0.15, 0.2) is 0 Å². The maximum Gasteiger partial charge on any atom is 0.414 e. The Morgan fingerprint density at radius 3 is 2.83 bits per heavy atom. The molecular formula is C26H27FN8O6. The number of pyridine rings is 1. The number of anilines is 1. The van der Waals surface area contributed by atoms with Crippen molar-refractivity contribution in [3.63, 3.8) is 0 Å². The van der Waals surface area contributed by atoms with Crippen molar-refractivity contribution in [3.8, 4) is 11.1 Å². The van der Waals surface area contributed by atoms with E-state index in [4.69, 9.17) is 14.7 Å². The van der Waals surface area contributed by atoms with E-state index in [0.717, 1.165) is 0 Å². The molecule has 2 aliphatic heterocycles. The number of carboxylic acid groups (broad SMARTS) is 1. The highest BCUT2D eigenvalue weighted by atomic mass is 19.1. The van der Waals surface area contributed by atoms with Crippen molar-refractivity contribution in [2.45, 2.75) is 18.8 Å². The summed E-state index contributed by atoms with van der Waals surface area (Å²) >= 11 is 0. The minimum Gasteiger partial charge on any atom is -0.480 e. The van der Waals surface area contributed by atoms with E-state index in [1.54, 1.807) is 41.2 Å². The highest BCUT2D eigenvalue weighted by molar-refractivity contribution is 5.90. The van der Waals surface area contributed by atoms with Crippen molar-refractivity contribution in [1.29, 1.82) is 0 Å². The van der Waals surface area contributed by atoms with E-state index in [1.807, 2.05) is 0 Å². The zero-order valence-electron chi connectivity index (χ0n) is 21.9. The monoisotopic (exact) mass is 566 g/mol. The first-order valence-corrected chi connectivity index (χ1v) is 12.6. The van der Waals surface area contributed by atoms with Crippen LogP contribution < -0.4 is 15.7 Å². The fourth-order valence-corrected chi connectivity index (χ4v) is 4.42. The average molecular weight is 567 g/mol. The van der Waals surface area contributed by atoms with Crippen molar-refractivity contribution < 1.29 is 33.5 Å². The molecule has 0 saturated carbocycles. The number of halogens is 1. The summed E-state index contributed by atoms with van der Waals surface area (Å²) in [4.78, 5) is 47.7. The minimum atomic E-state index is -1.02. The first kappa shape index (κ1) is 27.7. The van der Waals surface area contributed by atoms with Crippen molar-refractivity contribution >= 4 is 29.4 Å². The standard InChI is InChI=1S/C26H27FN8O6/c1-33(15-25(37)38)14-24(36)29-11-18-9-23(31-41-18)22-5-2-16(10-28-22)20-4-3-17(8-21(20)27)35-13-19(40-26(35)39)12-34-7-6-30-32-34/h2-10,18-19,31H,11-15H2,1H3,(H,29,36)(H,37,38)/t18-,19-/m0/s1. The Bertz CT molecular complexity index is 1450. The van der Waals surface area contributed by atoms with Crippen LogP contribution in [0.25, 0.3) is 16.8 Å². The molecule has 3 N–H and O–H groups in total. The fraction of sp³-hybridized carbons (Fsp3) is 0.308. The minimum absolute atomic E-state index is 0.0593. The van der Waals surface area contributed by atoms with Gasteiger partial charge in [-0.1, -0.05) is 11.3 Å². The maximum atomic E-state index is 15.1. The topological polar surface area (TPSA) is 164 Å². The largest absolute Gasteiger partial charge is 0.480 e. The number of nitrogens with zero attached hydrogens (tertiary/aromatic N) is 6. The average Bonchev–Trinajstić information content (AvgIpc) is 3.69. The molecule has 0 bridgehead atoms. The second-order valence-corrected chi connectivity index (χ2v) is 9.55. The Balaban J connectivity index is 1.17. The number of benzene rings is 1. The molecule has 1 aromatic carbocycles. The van der Waals surface area contributed by atoms with Crippen molar-refractivity contribution in [2.24, 2.45) is 0 Å². The number of hydroxylamine groups is 1. The fourth-order valence-electron chi connectivity index (χ4n) is 4.42. The van der Waals surface area contributed by atoms with Crippen molar-refractivity contribution in [1.82, 2.24) is 35.7 Å². The molecule has 1 saturated heterocycles. The van der Waals surface area contributed by atoms with E-state index in [1.165, 1.54) is 35.3 Å². The summed E-state index contributed by atoms with van der Waals surface area (Å²) in [6.45, 7) is 0.477. The molecule has 41 heavy (non-hydrogen) atoms. The number of ether oxygens (including phenoxy) is 1. The summed E-state index contributed by atoms with van der Waals surface area (Å²) in [6, 6.07) is 7.95. The number of rotatable bonds is 11. The number of carbonyl (C=O) groups excluding carboxylic acids is 2. The third kappa shape index (κ3) is 6.82. The summed E-state index contributed by atoms with van der Waals surface area (Å²) in [5.74, 6) is -1.86. The molecule has 4 heterocycles. The van der Waals surface area contributed by atoms with Gasteiger partial charge in [0.05, 0.1) is 56.0 Å². The molecule has 0 unspecified atom stereocenters. The highest BCUT2D eigenvalue weighted by Gasteiger charge is 2.33. The Labute approximate surface area is 233 Å². The molecule has 14 nitrogen and oxygen atoms in total. The van der Waals surface area contributed by atoms with E-state index >= 15 is 4.39 Å². The molecule has 2 atom stereocenters. The summed E-state index contributed by atoms with van der Waals surface area (Å²) in [5.41, 5.74) is 5.15. The molecule has 0 spiro atoms. The molecule has 1 fully saturated rings. The Morgan fingerprint density at radius 2 is 2.12 bits per heavy atom. The van der Waals surface area contributed by atoms with Gasteiger partial charge in [-0.2, -0.15) is 0 Å². The number of hydrogen-bond acceptors (Lipinski definition) is 10. The summed E-state index contributed by atoms with van der Waals surface area (Å²) in [7, 11) is 1.54. The lowest BCUT2D eigenvalue weighted by molar-refractivity contribution is -0.138. The molecule has 0 aliphatic carbocycles. The normalized spacial score (nSPS) is 18.3. The quantitative estimate of drug-likeness (QED) is 0.302. The molecule has 0 radical (unpaired) electrons. The van der Waals surface area contributed by atoms with Crippen LogP contribution in [0.5, 0.6) is 0 Å². The molecule has 2 aromatic heterocycles. The van der Waals surface area contributed by atoms with Gasteiger partial charge >= 0.3 is 12.1 Å². The first-order chi connectivity index (χ1) is 19.7. The van der Waals surface area contributed by atoms with Crippen LogP contribution in [0.3, 0.4) is 0 Å². The predicted octanol–water partition coefficient (Wildman–Crippen LogP) is 0.882. The van der Waals surface area contributed by atoms with E-state index in [0.29, 0.717) is 34.8 Å². The number of carboxylic acids is 1. The van der Waals surface area contributed by atoms with Gasteiger partial charge in [0, 0.05) is 23.5 Å². The number of amides is 2. The van der Waals surface area contributed by atoms with Gasteiger partial charge in [0.1, 0.15) is 18.0 Å². The van der Waals surface area contributed by atoms with Crippen LogP contribution in [0, 0.1) is 5.82 Å². The molecule has 3 aromatic rings. The lowest BCUT2D eigenvalue weighted by atomic mass is 10.1. The number of nitrogens with one attached hydrogen (secondary N) is 2. The Kier molecular flexibility index (Phi) is 8.16. The van der Waals surface area contributed by atoms with E-state index < -0.39 is 30.1 Å². The van der Waals surface area contributed by atoms with Gasteiger partial charge in [-0.05, 0) is 37.4 Å². The summed E-state index contributed by atoms with van der Waals surface area (Å²) in [5, 5.41) is 19.1. The number of carbonyl (C=O) groups is 3. The number of likely N-dealkylation sites (N-methyl/N-ethyl adjacent to an activating group) is 1. The van der Waals surface area contributed by atoms with Gasteiger partial charge in [-0.3, -0.25) is 34.7 Å². The van der Waals surface area contributed by atoms with Crippen LogP contribution in [-0.2, 0) is 25.7 Å². The van der Waals surface area contributed by atoms with E-state index in [9.17, 15) is 14.4 Å². The maximum absolute atomic E-state index is 15.1. The second kappa shape index (κ2) is 12.1. The SMILES string of the molecule is CN(CC(=O)O)CC(=O)NC[C@@H]1C=C(c2ccc(-c3ccc(N4C[C@H](Cn5ccnn5)OC4=O)cc3F)cn2)NO1.